The predicted molar refractivity (Wildman–Crippen MR) is 106 cm³/mol. The summed E-state index contributed by atoms with van der Waals surface area (Å²) in [5.74, 6) is -0.186. The van der Waals surface area contributed by atoms with Crippen molar-refractivity contribution in [3.05, 3.63) is 59.1 Å². The van der Waals surface area contributed by atoms with E-state index in [0.717, 1.165) is 0 Å². The Balaban J connectivity index is 1.78. The van der Waals surface area contributed by atoms with E-state index >= 15 is 0 Å². The number of nitriles is 1. The third-order valence-corrected chi connectivity index (χ3v) is 6.49. The van der Waals surface area contributed by atoms with Crippen LogP contribution in [0.5, 0.6) is 0 Å². The van der Waals surface area contributed by atoms with E-state index in [1.54, 1.807) is 35.2 Å². The van der Waals surface area contributed by atoms with E-state index in [9.17, 15) is 13.2 Å². The average Bonchev–Trinajstić information content (AvgIpc) is 3.01. The van der Waals surface area contributed by atoms with Crippen molar-refractivity contribution in [2.45, 2.75) is 12.5 Å². The maximum atomic E-state index is 12.9. The van der Waals surface area contributed by atoms with Crippen LogP contribution < -0.4 is 10.2 Å². The number of carbonyl (C=O) groups is 1. The lowest BCUT2D eigenvalue weighted by Gasteiger charge is -2.28. The number of halogens is 1. The van der Waals surface area contributed by atoms with E-state index in [2.05, 4.69) is 5.32 Å². The standard InChI is InChI=1S/C19H18ClN3O3S/c20-18-7-6-15(10-14(18)11-21)22-12-19(24)23(16-4-2-1-3-5-16)17-8-9-27(25,26)13-17/h1-7,10,17,22H,8-9,12-13H2. The van der Waals surface area contributed by atoms with Gasteiger partial charge in [-0.15, -0.1) is 0 Å². The Bertz CT molecular complexity index is 987. The molecule has 1 aliphatic heterocycles. The molecule has 1 saturated heterocycles. The van der Waals surface area contributed by atoms with Gasteiger partial charge in [0.05, 0.1) is 34.7 Å². The fraction of sp³-hybridized carbons (Fsp3) is 0.263. The van der Waals surface area contributed by atoms with Gasteiger partial charge in [0.1, 0.15) is 6.07 Å². The van der Waals surface area contributed by atoms with Gasteiger partial charge in [0.15, 0.2) is 9.84 Å². The summed E-state index contributed by atoms with van der Waals surface area (Å²) in [5.41, 5.74) is 1.58. The van der Waals surface area contributed by atoms with Gasteiger partial charge in [-0.1, -0.05) is 29.8 Å². The first kappa shape index (κ1) is 19.2. The second kappa shape index (κ2) is 7.99. The van der Waals surface area contributed by atoms with E-state index in [1.165, 1.54) is 0 Å². The third kappa shape index (κ3) is 4.59. The molecule has 1 fully saturated rings. The van der Waals surface area contributed by atoms with Gasteiger partial charge >= 0.3 is 0 Å². The Morgan fingerprint density at radius 3 is 2.63 bits per heavy atom. The molecule has 1 atom stereocenters. The largest absolute Gasteiger partial charge is 0.376 e. The first-order valence-corrected chi connectivity index (χ1v) is 10.6. The maximum absolute atomic E-state index is 12.9. The zero-order valence-electron chi connectivity index (χ0n) is 14.4. The zero-order chi connectivity index (χ0) is 19.4. The highest BCUT2D eigenvalue weighted by molar-refractivity contribution is 7.91. The number of nitrogens with one attached hydrogen (secondary N) is 1. The molecule has 0 radical (unpaired) electrons. The Labute approximate surface area is 163 Å². The molecule has 2 aromatic carbocycles. The summed E-state index contributed by atoms with van der Waals surface area (Å²) >= 11 is 5.92. The second-order valence-electron chi connectivity index (χ2n) is 6.32. The number of hydrogen-bond acceptors (Lipinski definition) is 5. The lowest BCUT2D eigenvalue weighted by Crippen LogP contribution is -2.44. The van der Waals surface area contributed by atoms with Gasteiger partial charge < -0.3 is 10.2 Å². The number of anilines is 2. The quantitative estimate of drug-likeness (QED) is 0.828. The van der Waals surface area contributed by atoms with E-state index in [-0.39, 0.29) is 30.0 Å². The van der Waals surface area contributed by atoms with Gasteiger partial charge in [0, 0.05) is 11.4 Å². The molecule has 1 N–H and O–H groups in total. The first-order chi connectivity index (χ1) is 12.9. The Morgan fingerprint density at radius 2 is 2.00 bits per heavy atom. The maximum Gasteiger partial charge on any atom is 0.246 e. The summed E-state index contributed by atoms with van der Waals surface area (Å²) in [7, 11) is -3.13. The molecule has 1 aliphatic rings. The summed E-state index contributed by atoms with van der Waals surface area (Å²) in [6.45, 7) is -0.0298. The lowest BCUT2D eigenvalue weighted by molar-refractivity contribution is -0.117. The molecule has 0 spiro atoms. The van der Waals surface area contributed by atoms with Crippen molar-refractivity contribution in [3.63, 3.8) is 0 Å². The van der Waals surface area contributed by atoms with Crippen LogP contribution in [0.4, 0.5) is 11.4 Å². The summed E-state index contributed by atoms with van der Waals surface area (Å²) in [5, 5.41) is 12.4. The number of sulfone groups is 1. The molecule has 2 aromatic rings. The van der Waals surface area contributed by atoms with Crippen molar-refractivity contribution >= 4 is 38.7 Å². The molecule has 0 saturated carbocycles. The monoisotopic (exact) mass is 403 g/mol. The van der Waals surface area contributed by atoms with Crippen molar-refractivity contribution in [2.24, 2.45) is 0 Å². The molecule has 6 nitrogen and oxygen atoms in total. The number of benzene rings is 2. The van der Waals surface area contributed by atoms with E-state index < -0.39 is 9.84 Å². The number of carbonyl (C=O) groups excluding carboxylic acids is 1. The number of rotatable bonds is 5. The average molecular weight is 404 g/mol. The van der Waals surface area contributed by atoms with Crippen LogP contribution in [0.1, 0.15) is 12.0 Å². The SMILES string of the molecule is N#Cc1cc(NCC(=O)N(c2ccccc2)C2CCS(=O)(=O)C2)ccc1Cl. The van der Waals surface area contributed by atoms with E-state index in [1.807, 2.05) is 24.3 Å². The Kier molecular flexibility index (Phi) is 5.68. The highest BCUT2D eigenvalue weighted by Gasteiger charge is 2.35. The molecule has 0 bridgehead atoms. The van der Waals surface area contributed by atoms with Crippen molar-refractivity contribution in [2.75, 3.05) is 28.3 Å². The fourth-order valence-corrected chi connectivity index (χ4v) is 4.97. The highest BCUT2D eigenvalue weighted by Crippen LogP contribution is 2.25. The molecule has 0 aliphatic carbocycles. The topological polar surface area (TPSA) is 90.3 Å². The Morgan fingerprint density at radius 1 is 1.26 bits per heavy atom. The minimum Gasteiger partial charge on any atom is -0.376 e. The Hall–Kier alpha value is -2.56. The summed E-state index contributed by atoms with van der Waals surface area (Å²) in [6.07, 6.45) is 0.419. The van der Waals surface area contributed by atoms with Gasteiger partial charge in [0.2, 0.25) is 5.91 Å². The zero-order valence-corrected chi connectivity index (χ0v) is 16.0. The van der Waals surface area contributed by atoms with Gasteiger partial charge in [-0.05, 0) is 36.8 Å². The summed E-state index contributed by atoms with van der Waals surface area (Å²) < 4.78 is 23.8. The molecule has 1 heterocycles. The van der Waals surface area contributed by atoms with Crippen molar-refractivity contribution < 1.29 is 13.2 Å². The smallest absolute Gasteiger partial charge is 0.246 e. The first-order valence-electron chi connectivity index (χ1n) is 8.41. The van der Waals surface area contributed by atoms with Gasteiger partial charge in [-0.25, -0.2) is 8.42 Å². The molecule has 0 aromatic heterocycles. The molecular formula is C19H18ClN3O3S. The second-order valence-corrected chi connectivity index (χ2v) is 8.95. The number of para-hydroxylation sites is 1. The molecule has 1 amide bonds. The molecule has 1 unspecified atom stereocenters. The predicted octanol–water partition coefficient (Wildman–Crippen LogP) is 2.84. The summed E-state index contributed by atoms with van der Waals surface area (Å²) in [4.78, 5) is 14.5. The van der Waals surface area contributed by atoms with Crippen LogP contribution in [0, 0.1) is 11.3 Å². The fourth-order valence-electron chi connectivity index (χ4n) is 3.11. The van der Waals surface area contributed by atoms with Crippen molar-refractivity contribution in [1.29, 1.82) is 5.26 Å². The molecule has 140 valence electrons. The summed E-state index contributed by atoms with van der Waals surface area (Å²) in [6, 6.07) is 15.5. The normalized spacial score (nSPS) is 17.9. The molecular weight excluding hydrogens is 386 g/mol. The minimum atomic E-state index is -3.13. The van der Waals surface area contributed by atoms with Crippen LogP contribution in [0.2, 0.25) is 5.02 Å². The molecule has 27 heavy (non-hydrogen) atoms. The van der Waals surface area contributed by atoms with E-state index in [4.69, 9.17) is 16.9 Å². The highest BCUT2D eigenvalue weighted by atomic mass is 35.5. The third-order valence-electron chi connectivity index (χ3n) is 4.41. The minimum absolute atomic E-state index is 0.0298. The van der Waals surface area contributed by atoms with Crippen molar-refractivity contribution in [1.82, 2.24) is 0 Å². The van der Waals surface area contributed by atoms with Gasteiger partial charge in [-0.3, -0.25) is 4.79 Å². The molecule has 3 rings (SSSR count). The van der Waals surface area contributed by atoms with Gasteiger partial charge in [-0.2, -0.15) is 5.26 Å². The van der Waals surface area contributed by atoms with Gasteiger partial charge in [0.25, 0.3) is 0 Å². The van der Waals surface area contributed by atoms with Crippen LogP contribution in [0.15, 0.2) is 48.5 Å². The van der Waals surface area contributed by atoms with Crippen LogP contribution in [0.3, 0.4) is 0 Å². The molecule has 8 heteroatoms. The van der Waals surface area contributed by atoms with Crippen LogP contribution in [0.25, 0.3) is 0 Å². The lowest BCUT2D eigenvalue weighted by atomic mass is 10.1. The number of nitrogens with zero attached hydrogens (tertiary/aromatic N) is 2. The van der Waals surface area contributed by atoms with Crippen LogP contribution in [-0.2, 0) is 14.6 Å². The van der Waals surface area contributed by atoms with Crippen molar-refractivity contribution in [3.8, 4) is 6.07 Å². The van der Waals surface area contributed by atoms with Crippen LogP contribution in [-0.4, -0.2) is 38.4 Å². The van der Waals surface area contributed by atoms with Crippen LogP contribution >= 0.6 is 11.6 Å². The van der Waals surface area contributed by atoms with E-state index in [0.29, 0.717) is 28.4 Å². The number of hydrogen-bond donors (Lipinski definition) is 1. The number of amides is 1.